The topological polar surface area (TPSA) is 89.8 Å². The first-order valence-electron chi connectivity index (χ1n) is 13.1. The molecule has 2 aliphatic rings. The number of piperidine rings is 2. The molecule has 2 saturated heterocycles. The van der Waals surface area contributed by atoms with Gasteiger partial charge in [0.25, 0.3) is 5.91 Å². The number of ether oxygens (including phenoxy) is 2. The molecule has 0 aliphatic carbocycles. The van der Waals surface area contributed by atoms with E-state index in [0.717, 1.165) is 36.6 Å². The van der Waals surface area contributed by atoms with Crippen LogP contribution in [0.2, 0.25) is 0 Å². The number of aryl methyl sites for hydroxylation is 1. The van der Waals surface area contributed by atoms with E-state index >= 15 is 0 Å². The molecule has 5 rings (SSSR count). The molecule has 2 aliphatic heterocycles. The van der Waals surface area contributed by atoms with Crippen molar-refractivity contribution >= 4 is 22.8 Å². The highest BCUT2D eigenvalue weighted by Crippen LogP contribution is 2.33. The highest BCUT2D eigenvalue weighted by atomic mass is 16.6. The Hall–Kier alpha value is -3.32. The molecular weight excluding hydrogens is 468 g/mol. The van der Waals surface area contributed by atoms with E-state index in [1.54, 1.807) is 0 Å². The number of amides is 1. The molecule has 37 heavy (non-hydrogen) atoms. The van der Waals surface area contributed by atoms with Crippen LogP contribution in [0.1, 0.15) is 68.1 Å². The molecule has 7 heteroatoms. The van der Waals surface area contributed by atoms with Gasteiger partial charge in [-0.25, -0.2) is 0 Å². The van der Waals surface area contributed by atoms with E-state index in [0.29, 0.717) is 29.3 Å². The lowest BCUT2D eigenvalue weighted by atomic mass is 9.78. The number of furan rings is 1. The standard InChI is InChI=1S/C30H36N2O5/c1-18-27(25-16-24(10-11-26(25)36-18)35-17-19-8-6-5-7-9-19)28(33)32-23-14-21-12-20(13-22(15-23)31-21)29(34)37-30(2,3)4/h5-11,16,20-23,31H,12-15,17H2,1-4H3,(H,32,33)/t20?,21-,22?,23?/m1/s1. The summed E-state index contributed by atoms with van der Waals surface area (Å²) in [4.78, 5) is 26.1. The fourth-order valence-electron chi connectivity index (χ4n) is 5.63. The first kappa shape index (κ1) is 25.3. The summed E-state index contributed by atoms with van der Waals surface area (Å²) in [5.74, 6) is 0.937. The Kier molecular flexibility index (Phi) is 6.99. The van der Waals surface area contributed by atoms with Crippen LogP contribution in [0.3, 0.4) is 0 Å². The molecule has 1 aromatic heterocycles. The lowest BCUT2D eigenvalue weighted by Crippen LogP contribution is -2.57. The highest BCUT2D eigenvalue weighted by molar-refractivity contribution is 6.07. The minimum absolute atomic E-state index is 0.0326. The Balaban J connectivity index is 1.25. The van der Waals surface area contributed by atoms with Gasteiger partial charge >= 0.3 is 5.97 Å². The first-order chi connectivity index (χ1) is 17.6. The summed E-state index contributed by atoms with van der Waals surface area (Å²) in [7, 11) is 0. The van der Waals surface area contributed by atoms with Crippen LogP contribution in [0.15, 0.2) is 52.9 Å². The van der Waals surface area contributed by atoms with Crippen LogP contribution in [0.5, 0.6) is 5.75 Å². The Bertz CT molecular complexity index is 1260. The molecule has 4 atom stereocenters. The Labute approximate surface area is 217 Å². The zero-order valence-corrected chi connectivity index (χ0v) is 22.0. The predicted octanol–water partition coefficient (Wildman–Crippen LogP) is 5.29. The van der Waals surface area contributed by atoms with Crippen molar-refractivity contribution in [3.63, 3.8) is 0 Å². The summed E-state index contributed by atoms with van der Waals surface area (Å²) >= 11 is 0. The van der Waals surface area contributed by atoms with Crippen molar-refractivity contribution in [2.24, 2.45) is 5.92 Å². The third kappa shape index (κ3) is 5.99. The molecule has 3 aromatic rings. The van der Waals surface area contributed by atoms with Crippen molar-refractivity contribution in [2.45, 2.75) is 83.7 Å². The lowest BCUT2D eigenvalue weighted by Gasteiger charge is -2.43. The molecule has 3 unspecified atom stereocenters. The number of hydrogen-bond acceptors (Lipinski definition) is 6. The SMILES string of the molecule is Cc1oc2ccc(OCc3ccccc3)cc2c1C(=O)NC1CC2CC(C(=O)OC(C)(C)C)C[C@H](C1)N2. The van der Waals surface area contributed by atoms with Crippen molar-refractivity contribution in [3.05, 3.63) is 65.4 Å². The maximum absolute atomic E-state index is 13.4. The Morgan fingerprint density at radius 1 is 1.03 bits per heavy atom. The molecule has 3 heterocycles. The smallest absolute Gasteiger partial charge is 0.309 e. The van der Waals surface area contributed by atoms with Gasteiger partial charge in [0.05, 0.1) is 11.5 Å². The van der Waals surface area contributed by atoms with Crippen molar-refractivity contribution < 1.29 is 23.5 Å². The second-order valence-corrected chi connectivity index (χ2v) is 11.4. The average Bonchev–Trinajstić information content (AvgIpc) is 3.16. The maximum Gasteiger partial charge on any atom is 0.309 e. The van der Waals surface area contributed by atoms with Gasteiger partial charge < -0.3 is 24.5 Å². The van der Waals surface area contributed by atoms with E-state index < -0.39 is 5.60 Å². The third-order valence-electron chi connectivity index (χ3n) is 7.13. The van der Waals surface area contributed by atoms with Crippen LogP contribution in [0, 0.1) is 12.8 Å². The van der Waals surface area contributed by atoms with E-state index in [1.807, 2.05) is 76.2 Å². The van der Waals surface area contributed by atoms with Crippen molar-refractivity contribution in [1.82, 2.24) is 10.6 Å². The van der Waals surface area contributed by atoms with Gasteiger partial charge in [-0.2, -0.15) is 0 Å². The van der Waals surface area contributed by atoms with E-state index in [1.165, 1.54) is 0 Å². The van der Waals surface area contributed by atoms with E-state index in [2.05, 4.69) is 10.6 Å². The van der Waals surface area contributed by atoms with Crippen LogP contribution in [-0.2, 0) is 16.1 Å². The summed E-state index contributed by atoms with van der Waals surface area (Å²) in [6, 6.07) is 16.0. The number of carbonyl (C=O) groups excluding carboxylic acids is 2. The molecular formula is C30H36N2O5. The summed E-state index contributed by atoms with van der Waals surface area (Å²) in [5.41, 5.74) is 1.81. The second kappa shape index (κ2) is 10.2. The van der Waals surface area contributed by atoms with Gasteiger partial charge in [0, 0.05) is 23.5 Å². The van der Waals surface area contributed by atoms with E-state index in [4.69, 9.17) is 13.9 Å². The summed E-state index contributed by atoms with van der Waals surface area (Å²) < 4.78 is 17.5. The monoisotopic (exact) mass is 504 g/mol. The molecule has 2 bridgehead atoms. The van der Waals surface area contributed by atoms with Gasteiger partial charge in [-0.05, 0) is 77.1 Å². The molecule has 1 amide bonds. The number of benzene rings is 2. The normalized spacial score (nSPS) is 23.5. The van der Waals surface area contributed by atoms with Crippen LogP contribution in [-0.4, -0.2) is 35.6 Å². The molecule has 0 saturated carbocycles. The molecule has 0 radical (unpaired) electrons. The van der Waals surface area contributed by atoms with Crippen molar-refractivity contribution in [3.8, 4) is 5.75 Å². The van der Waals surface area contributed by atoms with Crippen LogP contribution in [0.4, 0.5) is 0 Å². The lowest BCUT2D eigenvalue weighted by molar-refractivity contribution is -0.162. The number of fused-ring (bicyclic) bond motifs is 3. The molecule has 196 valence electrons. The van der Waals surface area contributed by atoms with Gasteiger partial charge in [0.2, 0.25) is 0 Å². The number of esters is 1. The van der Waals surface area contributed by atoms with Crippen LogP contribution < -0.4 is 15.4 Å². The van der Waals surface area contributed by atoms with Gasteiger partial charge in [0.15, 0.2) is 0 Å². The summed E-state index contributed by atoms with van der Waals surface area (Å²) in [6.07, 6.45) is 3.02. The molecule has 2 N–H and O–H groups in total. The fraction of sp³-hybridized carbons (Fsp3) is 0.467. The zero-order valence-electron chi connectivity index (χ0n) is 22.0. The average molecular weight is 505 g/mol. The van der Waals surface area contributed by atoms with Gasteiger partial charge in [-0.1, -0.05) is 30.3 Å². The molecule has 7 nitrogen and oxygen atoms in total. The minimum Gasteiger partial charge on any atom is -0.489 e. The second-order valence-electron chi connectivity index (χ2n) is 11.4. The van der Waals surface area contributed by atoms with Crippen molar-refractivity contribution in [2.75, 3.05) is 0 Å². The van der Waals surface area contributed by atoms with Crippen LogP contribution >= 0.6 is 0 Å². The van der Waals surface area contributed by atoms with Gasteiger partial charge in [-0.15, -0.1) is 0 Å². The number of carbonyl (C=O) groups is 2. The van der Waals surface area contributed by atoms with Crippen molar-refractivity contribution in [1.29, 1.82) is 0 Å². The van der Waals surface area contributed by atoms with E-state index in [9.17, 15) is 9.59 Å². The summed E-state index contributed by atoms with van der Waals surface area (Å²) in [6.45, 7) is 7.98. The number of rotatable bonds is 6. The first-order valence-corrected chi connectivity index (χ1v) is 13.1. The summed E-state index contributed by atoms with van der Waals surface area (Å²) in [5, 5.41) is 7.62. The van der Waals surface area contributed by atoms with E-state index in [-0.39, 0.29) is 35.9 Å². The molecule has 2 aromatic carbocycles. The largest absolute Gasteiger partial charge is 0.489 e. The highest BCUT2D eigenvalue weighted by Gasteiger charge is 2.40. The zero-order chi connectivity index (χ0) is 26.2. The van der Waals surface area contributed by atoms with Gasteiger partial charge in [-0.3, -0.25) is 9.59 Å². The fourth-order valence-corrected chi connectivity index (χ4v) is 5.63. The Morgan fingerprint density at radius 2 is 1.73 bits per heavy atom. The Morgan fingerprint density at radius 3 is 2.41 bits per heavy atom. The minimum atomic E-state index is -0.481. The number of hydrogen-bond donors (Lipinski definition) is 2. The molecule has 0 spiro atoms. The maximum atomic E-state index is 13.4. The third-order valence-corrected chi connectivity index (χ3v) is 7.13. The number of nitrogens with one attached hydrogen (secondary N) is 2. The quantitative estimate of drug-likeness (QED) is 0.444. The van der Waals surface area contributed by atoms with Gasteiger partial charge in [0.1, 0.15) is 29.3 Å². The molecule has 2 fully saturated rings. The predicted molar refractivity (Wildman–Crippen MR) is 141 cm³/mol. The van der Waals surface area contributed by atoms with Crippen LogP contribution in [0.25, 0.3) is 11.0 Å².